The Balaban J connectivity index is 2.27. The van der Waals surface area contributed by atoms with Gasteiger partial charge >= 0.3 is 0 Å². The SMILES string of the molecule is CC(Cl)c1ccccc1NC(=O)c1ccccc1Br. The van der Waals surface area contributed by atoms with Crippen LogP contribution in [0.1, 0.15) is 28.2 Å². The number of alkyl halides is 1. The van der Waals surface area contributed by atoms with Gasteiger partial charge in [-0.25, -0.2) is 0 Å². The highest BCUT2D eigenvalue weighted by Crippen LogP contribution is 2.28. The van der Waals surface area contributed by atoms with Crippen LogP contribution in [-0.2, 0) is 0 Å². The molecule has 2 nitrogen and oxygen atoms in total. The van der Waals surface area contributed by atoms with Gasteiger partial charge in [-0.05, 0) is 46.6 Å². The largest absolute Gasteiger partial charge is 0.322 e. The maximum absolute atomic E-state index is 12.2. The second-order valence-corrected chi connectivity index (χ2v) is 5.65. The fourth-order valence-electron chi connectivity index (χ4n) is 1.79. The number of hydrogen-bond donors (Lipinski definition) is 1. The molecule has 0 bridgehead atoms. The fraction of sp³-hybridized carbons (Fsp3) is 0.133. The van der Waals surface area contributed by atoms with E-state index in [0.29, 0.717) is 5.56 Å². The minimum atomic E-state index is -0.157. The van der Waals surface area contributed by atoms with Crippen molar-refractivity contribution in [2.75, 3.05) is 5.32 Å². The third kappa shape index (κ3) is 3.37. The standard InChI is InChI=1S/C15H13BrClNO/c1-10(17)11-6-3-5-9-14(11)18-15(19)12-7-2-4-8-13(12)16/h2-10H,1H3,(H,18,19). The number of benzene rings is 2. The third-order valence-electron chi connectivity index (χ3n) is 2.76. The first-order valence-electron chi connectivity index (χ1n) is 5.88. The maximum Gasteiger partial charge on any atom is 0.256 e. The summed E-state index contributed by atoms with van der Waals surface area (Å²) in [6.07, 6.45) is 0. The molecule has 2 rings (SSSR count). The van der Waals surface area contributed by atoms with E-state index < -0.39 is 0 Å². The molecule has 0 saturated heterocycles. The van der Waals surface area contributed by atoms with Gasteiger partial charge in [0, 0.05) is 10.2 Å². The van der Waals surface area contributed by atoms with Crippen molar-refractivity contribution in [2.45, 2.75) is 12.3 Å². The molecule has 1 N–H and O–H groups in total. The van der Waals surface area contributed by atoms with Gasteiger partial charge in [0.15, 0.2) is 0 Å². The highest BCUT2D eigenvalue weighted by molar-refractivity contribution is 9.10. The van der Waals surface area contributed by atoms with Crippen LogP contribution >= 0.6 is 27.5 Å². The number of carbonyl (C=O) groups is 1. The molecule has 2 aromatic carbocycles. The van der Waals surface area contributed by atoms with E-state index >= 15 is 0 Å². The predicted octanol–water partition coefficient (Wildman–Crippen LogP) is 5.00. The third-order valence-corrected chi connectivity index (χ3v) is 3.68. The highest BCUT2D eigenvalue weighted by atomic mass is 79.9. The first-order valence-corrected chi connectivity index (χ1v) is 7.11. The number of hydrogen-bond acceptors (Lipinski definition) is 1. The average molecular weight is 339 g/mol. The van der Waals surface area contributed by atoms with Crippen LogP contribution in [0, 0.1) is 0 Å². The Morgan fingerprint density at radius 2 is 1.79 bits per heavy atom. The van der Waals surface area contributed by atoms with Crippen molar-refractivity contribution in [1.82, 2.24) is 0 Å². The maximum atomic E-state index is 12.2. The zero-order valence-electron chi connectivity index (χ0n) is 10.4. The quantitative estimate of drug-likeness (QED) is 0.784. The number of amides is 1. The summed E-state index contributed by atoms with van der Waals surface area (Å²) in [7, 11) is 0. The molecule has 0 saturated carbocycles. The molecule has 0 aliphatic rings. The van der Waals surface area contributed by atoms with E-state index in [1.54, 1.807) is 6.07 Å². The molecule has 0 aliphatic carbocycles. The number of anilines is 1. The van der Waals surface area contributed by atoms with Crippen molar-refractivity contribution >= 4 is 39.1 Å². The highest BCUT2D eigenvalue weighted by Gasteiger charge is 2.13. The molecule has 1 unspecified atom stereocenters. The summed E-state index contributed by atoms with van der Waals surface area (Å²) in [6, 6.07) is 14.8. The lowest BCUT2D eigenvalue weighted by atomic mass is 10.1. The lowest BCUT2D eigenvalue weighted by molar-refractivity contribution is 0.102. The zero-order valence-corrected chi connectivity index (χ0v) is 12.7. The Kier molecular flexibility index (Phi) is 4.61. The molecule has 1 amide bonds. The smallest absolute Gasteiger partial charge is 0.256 e. The van der Waals surface area contributed by atoms with Crippen LogP contribution in [0.3, 0.4) is 0 Å². The number of para-hydroxylation sites is 1. The normalized spacial score (nSPS) is 11.9. The summed E-state index contributed by atoms with van der Waals surface area (Å²) in [5.41, 5.74) is 2.25. The summed E-state index contributed by atoms with van der Waals surface area (Å²) in [4.78, 5) is 12.2. The Morgan fingerprint density at radius 3 is 2.47 bits per heavy atom. The zero-order chi connectivity index (χ0) is 13.8. The van der Waals surface area contributed by atoms with E-state index in [2.05, 4.69) is 21.2 Å². The summed E-state index contributed by atoms with van der Waals surface area (Å²) in [6.45, 7) is 1.88. The number of nitrogens with one attached hydrogen (secondary N) is 1. The first-order chi connectivity index (χ1) is 9.09. The number of halogens is 2. The van der Waals surface area contributed by atoms with Crippen LogP contribution < -0.4 is 5.32 Å². The van der Waals surface area contributed by atoms with Gasteiger partial charge in [0.1, 0.15) is 0 Å². The van der Waals surface area contributed by atoms with Crippen LogP contribution in [0.5, 0.6) is 0 Å². The van der Waals surface area contributed by atoms with E-state index in [-0.39, 0.29) is 11.3 Å². The van der Waals surface area contributed by atoms with E-state index in [1.165, 1.54) is 0 Å². The molecular formula is C15H13BrClNO. The molecule has 4 heteroatoms. The second-order valence-electron chi connectivity index (χ2n) is 4.14. The van der Waals surface area contributed by atoms with Gasteiger partial charge < -0.3 is 5.32 Å². The van der Waals surface area contributed by atoms with Crippen molar-refractivity contribution in [3.05, 3.63) is 64.1 Å². The summed E-state index contributed by atoms with van der Waals surface area (Å²) in [5.74, 6) is -0.155. The topological polar surface area (TPSA) is 29.1 Å². The van der Waals surface area contributed by atoms with Gasteiger partial charge in [-0.2, -0.15) is 0 Å². The van der Waals surface area contributed by atoms with E-state index in [4.69, 9.17) is 11.6 Å². The average Bonchev–Trinajstić information content (AvgIpc) is 2.39. The Morgan fingerprint density at radius 1 is 1.16 bits per heavy atom. The second kappa shape index (κ2) is 6.22. The van der Waals surface area contributed by atoms with Crippen molar-refractivity contribution in [2.24, 2.45) is 0 Å². The molecule has 0 spiro atoms. The molecular weight excluding hydrogens is 326 g/mol. The molecule has 0 fully saturated rings. The van der Waals surface area contributed by atoms with E-state index in [0.717, 1.165) is 15.7 Å². The van der Waals surface area contributed by atoms with Gasteiger partial charge in [0.25, 0.3) is 5.91 Å². The molecule has 19 heavy (non-hydrogen) atoms. The lowest BCUT2D eigenvalue weighted by Crippen LogP contribution is -2.14. The van der Waals surface area contributed by atoms with Gasteiger partial charge in [-0.1, -0.05) is 30.3 Å². The van der Waals surface area contributed by atoms with Crippen molar-refractivity contribution in [1.29, 1.82) is 0 Å². The van der Waals surface area contributed by atoms with Crippen molar-refractivity contribution in [3.63, 3.8) is 0 Å². The Hall–Kier alpha value is -1.32. The van der Waals surface area contributed by atoms with Crippen LogP contribution in [0.25, 0.3) is 0 Å². The van der Waals surface area contributed by atoms with Crippen LogP contribution in [0.4, 0.5) is 5.69 Å². The summed E-state index contributed by atoms with van der Waals surface area (Å²) in [5, 5.41) is 2.74. The number of rotatable bonds is 3. The Bertz CT molecular complexity index is 598. The van der Waals surface area contributed by atoms with Crippen molar-refractivity contribution in [3.8, 4) is 0 Å². The fourth-order valence-corrected chi connectivity index (χ4v) is 2.45. The molecule has 98 valence electrons. The summed E-state index contributed by atoms with van der Waals surface area (Å²) < 4.78 is 0.768. The minimum absolute atomic E-state index is 0.155. The van der Waals surface area contributed by atoms with Crippen LogP contribution in [0.15, 0.2) is 53.0 Å². The van der Waals surface area contributed by atoms with Gasteiger partial charge in [-0.15, -0.1) is 11.6 Å². The lowest BCUT2D eigenvalue weighted by Gasteiger charge is -2.13. The monoisotopic (exact) mass is 337 g/mol. The van der Waals surface area contributed by atoms with E-state index in [1.807, 2.05) is 49.4 Å². The minimum Gasteiger partial charge on any atom is -0.322 e. The van der Waals surface area contributed by atoms with Gasteiger partial charge in [0.2, 0.25) is 0 Å². The Labute approximate surface area is 125 Å². The van der Waals surface area contributed by atoms with Crippen LogP contribution in [0.2, 0.25) is 0 Å². The van der Waals surface area contributed by atoms with Crippen molar-refractivity contribution < 1.29 is 4.79 Å². The summed E-state index contributed by atoms with van der Waals surface area (Å²) >= 11 is 9.48. The molecule has 0 radical (unpaired) electrons. The first kappa shape index (κ1) is 14.1. The van der Waals surface area contributed by atoms with E-state index in [9.17, 15) is 4.79 Å². The molecule has 0 heterocycles. The van der Waals surface area contributed by atoms with Gasteiger partial charge in [-0.3, -0.25) is 4.79 Å². The number of carbonyl (C=O) groups excluding carboxylic acids is 1. The van der Waals surface area contributed by atoms with Crippen LogP contribution in [-0.4, -0.2) is 5.91 Å². The predicted molar refractivity (Wildman–Crippen MR) is 82.8 cm³/mol. The molecule has 2 aromatic rings. The van der Waals surface area contributed by atoms with Gasteiger partial charge in [0.05, 0.1) is 10.9 Å². The molecule has 1 atom stereocenters. The molecule has 0 aromatic heterocycles. The molecule has 0 aliphatic heterocycles.